The van der Waals surface area contributed by atoms with Gasteiger partial charge in [0.25, 0.3) is 0 Å². The topological polar surface area (TPSA) is 30.9 Å². The maximum atomic E-state index is 5.86. The van der Waals surface area contributed by atoms with E-state index >= 15 is 0 Å². The molecule has 0 fully saturated rings. The Bertz CT molecular complexity index is 263. The predicted octanol–water partition coefficient (Wildman–Crippen LogP) is 1.07. The molecule has 11 heavy (non-hydrogen) atoms. The minimum atomic E-state index is 0.385. The van der Waals surface area contributed by atoms with E-state index in [0.717, 1.165) is 19.4 Å². The van der Waals surface area contributed by atoms with Crippen LogP contribution in [0, 0.1) is 6.92 Å². The van der Waals surface area contributed by atoms with Crippen molar-refractivity contribution in [1.82, 2.24) is 4.57 Å². The van der Waals surface area contributed by atoms with Crippen LogP contribution in [0.15, 0.2) is 12.3 Å². The smallest absolute Gasteiger partial charge is 0.0237 e. The molecule has 0 saturated heterocycles. The molecule has 2 N–H and O–H groups in total. The fourth-order valence-corrected chi connectivity index (χ4v) is 1.76. The summed E-state index contributed by atoms with van der Waals surface area (Å²) in [6.45, 7) is 3.26. The largest absolute Gasteiger partial charge is 0.351 e. The van der Waals surface area contributed by atoms with E-state index in [0.29, 0.717) is 6.04 Å². The number of hydrogen-bond donors (Lipinski definition) is 1. The lowest BCUT2D eigenvalue weighted by molar-refractivity contribution is 0.470. The first kappa shape index (κ1) is 6.92. The third kappa shape index (κ3) is 1.07. The van der Waals surface area contributed by atoms with Crippen molar-refractivity contribution in [1.29, 1.82) is 0 Å². The third-order valence-corrected chi connectivity index (χ3v) is 2.50. The maximum absolute atomic E-state index is 5.86. The van der Waals surface area contributed by atoms with Crippen molar-refractivity contribution in [2.75, 3.05) is 0 Å². The lowest BCUT2D eigenvalue weighted by Crippen LogP contribution is -2.30. The van der Waals surface area contributed by atoms with Crippen LogP contribution in [0.3, 0.4) is 0 Å². The molecule has 0 unspecified atom stereocenters. The highest BCUT2D eigenvalue weighted by Gasteiger charge is 2.15. The van der Waals surface area contributed by atoms with E-state index in [-0.39, 0.29) is 0 Å². The Morgan fingerprint density at radius 3 is 3.27 bits per heavy atom. The van der Waals surface area contributed by atoms with Crippen molar-refractivity contribution < 1.29 is 0 Å². The van der Waals surface area contributed by atoms with E-state index in [2.05, 4.69) is 23.8 Å². The normalized spacial score (nSPS) is 23.3. The van der Waals surface area contributed by atoms with E-state index in [1.165, 1.54) is 11.3 Å². The van der Waals surface area contributed by atoms with Crippen LogP contribution in [-0.2, 0) is 13.0 Å². The number of aromatic nitrogens is 1. The summed E-state index contributed by atoms with van der Waals surface area (Å²) in [4.78, 5) is 0. The van der Waals surface area contributed by atoms with Gasteiger partial charge in [-0.25, -0.2) is 0 Å². The summed E-state index contributed by atoms with van der Waals surface area (Å²) in [5, 5.41) is 0. The first-order valence-corrected chi connectivity index (χ1v) is 4.17. The van der Waals surface area contributed by atoms with Crippen molar-refractivity contribution >= 4 is 0 Å². The quantitative estimate of drug-likeness (QED) is 0.589. The molecule has 2 heterocycles. The number of fused-ring (bicyclic) bond motifs is 1. The molecular formula is C9H14N2. The minimum Gasteiger partial charge on any atom is -0.351 e. The maximum Gasteiger partial charge on any atom is 0.0237 e. The summed E-state index contributed by atoms with van der Waals surface area (Å²) in [6, 6.07) is 2.56. The second kappa shape index (κ2) is 2.38. The molecule has 0 bridgehead atoms. The Balaban J connectivity index is 2.37. The van der Waals surface area contributed by atoms with Gasteiger partial charge in [-0.1, -0.05) is 0 Å². The summed E-state index contributed by atoms with van der Waals surface area (Å²) >= 11 is 0. The summed E-state index contributed by atoms with van der Waals surface area (Å²) in [5.41, 5.74) is 8.69. The monoisotopic (exact) mass is 150 g/mol. The average molecular weight is 150 g/mol. The molecule has 1 aromatic heterocycles. The highest BCUT2D eigenvalue weighted by Crippen LogP contribution is 2.18. The standard InChI is InChI=1S/C9H14N2/c1-7-2-4-11-5-3-8(10)6-9(7)11/h2,4,8H,3,5-6,10H2,1H3/t8-/m0/s1. The lowest BCUT2D eigenvalue weighted by atomic mass is 10.0. The van der Waals surface area contributed by atoms with Crippen molar-refractivity contribution in [3.05, 3.63) is 23.5 Å². The number of aryl methyl sites for hydroxylation is 2. The van der Waals surface area contributed by atoms with Gasteiger partial charge in [0, 0.05) is 30.9 Å². The fourth-order valence-electron chi connectivity index (χ4n) is 1.76. The Labute approximate surface area is 67.0 Å². The zero-order valence-corrected chi connectivity index (χ0v) is 6.88. The van der Waals surface area contributed by atoms with Gasteiger partial charge in [0.1, 0.15) is 0 Å². The van der Waals surface area contributed by atoms with Gasteiger partial charge in [-0.15, -0.1) is 0 Å². The second-order valence-electron chi connectivity index (χ2n) is 3.39. The third-order valence-electron chi connectivity index (χ3n) is 2.50. The molecule has 60 valence electrons. The number of hydrogen-bond acceptors (Lipinski definition) is 1. The Morgan fingerprint density at radius 2 is 2.45 bits per heavy atom. The van der Waals surface area contributed by atoms with Crippen molar-refractivity contribution in [3.63, 3.8) is 0 Å². The van der Waals surface area contributed by atoms with E-state index in [4.69, 9.17) is 5.73 Å². The summed E-state index contributed by atoms with van der Waals surface area (Å²) < 4.78 is 2.32. The summed E-state index contributed by atoms with van der Waals surface area (Å²) in [7, 11) is 0. The first-order chi connectivity index (χ1) is 5.27. The van der Waals surface area contributed by atoms with Crippen LogP contribution in [0.25, 0.3) is 0 Å². The van der Waals surface area contributed by atoms with Gasteiger partial charge in [0.05, 0.1) is 0 Å². The van der Waals surface area contributed by atoms with Gasteiger partial charge in [-0.3, -0.25) is 0 Å². The average Bonchev–Trinajstić information content (AvgIpc) is 2.33. The molecule has 0 radical (unpaired) electrons. The molecule has 1 aromatic rings. The first-order valence-electron chi connectivity index (χ1n) is 4.17. The Kier molecular flexibility index (Phi) is 1.50. The molecule has 0 aromatic carbocycles. The molecule has 1 aliphatic rings. The molecule has 1 atom stereocenters. The van der Waals surface area contributed by atoms with Gasteiger partial charge >= 0.3 is 0 Å². The van der Waals surface area contributed by atoms with Crippen molar-refractivity contribution in [2.24, 2.45) is 5.73 Å². The molecule has 0 amide bonds. The zero-order chi connectivity index (χ0) is 7.84. The van der Waals surface area contributed by atoms with Crippen LogP contribution in [0.1, 0.15) is 17.7 Å². The van der Waals surface area contributed by atoms with Crippen molar-refractivity contribution in [2.45, 2.75) is 32.4 Å². The molecule has 1 aliphatic heterocycles. The second-order valence-corrected chi connectivity index (χ2v) is 3.39. The number of nitrogens with two attached hydrogens (primary N) is 1. The van der Waals surface area contributed by atoms with Crippen LogP contribution in [0.2, 0.25) is 0 Å². The molecule has 0 saturated carbocycles. The summed E-state index contributed by atoms with van der Waals surface area (Å²) in [5.74, 6) is 0. The Hall–Kier alpha value is -0.760. The molecule has 0 aliphatic carbocycles. The number of rotatable bonds is 0. The van der Waals surface area contributed by atoms with Crippen LogP contribution >= 0.6 is 0 Å². The van der Waals surface area contributed by atoms with Crippen LogP contribution < -0.4 is 5.73 Å². The van der Waals surface area contributed by atoms with Crippen molar-refractivity contribution in [3.8, 4) is 0 Å². The van der Waals surface area contributed by atoms with Crippen LogP contribution in [0.4, 0.5) is 0 Å². The van der Waals surface area contributed by atoms with Gasteiger partial charge in [0.2, 0.25) is 0 Å². The molecule has 0 spiro atoms. The highest BCUT2D eigenvalue weighted by molar-refractivity contribution is 5.22. The SMILES string of the molecule is Cc1ccn2c1C[C@@H](N)CC2. The fraction of sp³-hybridized carbons (Fsp3) is 0.556. The summed E-state index contributed by atoms with van der Waals surface area (Å²) in [6.07, 6.45) is 4.34. The number of nitrogens with zero attached hydrogens (tertiary/aromatic N) is 1. The van der Waals surface area contributed by atoms with E-state index < -0.39 is 0 Å². The van der Waals surface area contributed by atoms with Crippen LogP contribution in [-0.4, -0.2) is 10.6 Å². The molecule has 2 rings (SSSR count). The highest BCUT2D eigenvalue weighted by atomic mass is 15.0. The van der Waals surface area contributed by atoms with Gasteiger partial charge in [-0.2, -0.15) is 0 Å². The molecule has 2 heteroatoms. The molecular weight excluding hydrogens is 136 g/mol. The van der Waals surface area contributed by atoms with E-state index in [1.807, 2.05) is 0 Å². The molecule has 2 nitrogen and oxygen atoms in total. The zero-order valence-electron chi connectivity index (χ0n) is 6.88. The minimum absolute atomic E-state index is 0.385. The lowest BCUT2D eigenvalue weighted by Gasteiger charge is -2.21. The van der Waals surface area contributed by atoms with Crippen LogP contribution in [0.5, 0.6) is 0 Å². The van der Waals surface area contributed by atoms with Gasteiger partial charge in [-0.05, 0) is 25.0 Å². The Morgan fingerprint density at radius 1 is 1.64 bits per heavy atom. The van der Waals surface area contributed by atoms with E-state index in [1.54, 1.807) is 0 Å². The predicted molar refractivity (Wildman–Crippen MR) is 45.5 cm³/mol. The van der Waals surface area contributed by atoms with Gasteiger partial charge < -0.3 is 10.3 Å². The van der Waals surface area contributed by atoms with E-state index in [9.17, 15) is 0 Å². The van der Waals surface area contributed by atoms with Gasteiger partial charge in [0.15, 0.2) is 0 Å².